The van der Waals surface area contributed by atoms with Crippen molar-refractivity contribution in [3.63, 3.8) is 0 Å². The van der Waals surface area contributed by atoms with Crippen LogP contribution in [0.2, 0.25) is 0 Å². The predicted octanol–water partition coefficient (Wildman–Crippen LogP) is 2.70. The number of hydrogen-bond donors (Lipinski definition) is 1. The molecule has 0 saturated heterocycles. The van der Waals surface area contributed by atoms with E-state index in [-0.39, 0.29) is 0 Å². The smallest absolute Gasteiger partial charge is 0.0358 e. The van der Waals surface area contributed by atoms with E-state index in [1.807, 2.05) is 30.6 Å². The first-order valence-electron chi connectivity index (χ1n) is 5.01. The molecule has 0 amide bonds. The zero-order valence-corrected chi connectivity index (χ0v) is 8.90. The van der Waals surface area contributed by atoms with Gasteiger partial charge >= 0.3 is 0 Å². The van der Waals surface area contributed by atoms with E-state index in [1.165, 1.54) is 5.56 Å². The zero-order chi connectivity index (χ0) is 10.4. The monoisotopic (exact) mass is 190 g/mol. The first kappa shape index (κ1) is 10.9. The molecule has 2 nitrogen and oxygen atoms in total. The summed E-state index contributed by atoms with van der Waals surface area (Å²) in [5.41, 5.74) is 1.27. The summed E-state index contributed by atoms with van der Waals surface area (Å²) in [5.74, 6) is 0. The van der Waals surface area contributed by atoms with Crippen LogP contribution >= 0.6 is 0 Å². The maximum atomic E-state index is 4.01. The molecule has 1 unspecified atom stereocenters. The van der Waals surface area contributed by atoms with Gasteiger partial charge < -0.3 is 5.32 Å². The van der Waals surface area contributed by atoms with Gasteiger partial charge in [0.25, 0.3) is 0 Å². The van der Waals surface area contributed by atoms with Crippen LogP contribution in [0.1, 0.15) is 31.9 Å². The maximum Gasteiger partial charge on any atom is 0.0358 e. The van der Waals surface area contributed by atoms with Gasteiger partial charge in [-0.15, -0.1) is 6.58 Å². The quantitative estimate of drug-likeness (QED) is 0.722. The van der Waals surface area contributed by atoms with Crippen molar-refractivity contribution >= 4 is 0 Å². The molecule has 1 atom stereocenters. The lowest BCUT2D eigenvalue weighted by Crippen LogP contribution is -2.27. The second kappa shape index (κ2) is 5.55. The van der Waals surface area contributed by atoms with E-state index < -0.39 is 0 Å². The van der Waals surface area contributed by atoms with Crippen LogP contribution in [0.25, 0.3) is 0 Å². The first-order valence-corrected chi connectivity index (χ1v) is 5.01. The van der Waals surface area contributed by atoms with Crippen LogP contribution in [-0.2, 0) is 0 Å². The summed E-state index contributed by atoms with van der Waals surface area (Å²) in [6.07, 6.45) is 6.55. The highest BCUT2D eigenvalue weighted by Crippen LogP contribution is 2.16. The fraction of sp³-hybridized carbons (Fsp3) is 0.417. The van der Waals surface area contributed by atoms with Crippen molar-refractivity contribution in [2.45, 2.75) is 32.4 Å². The summed E-state index contributed by atoms with van der Waals surface area (Å²) < 4.78 is 0. The van der Waals surface area contributed by atoms with Gasteiger partial charge in [0.2, 0.25) is 0 Å². The molecule has 0 aliphatic carbocycles. The van der Waals surface area contributed by atoms with Crippen molar-refractivity contribution in [2.24, 2.45) is 0 Å². The average Bonchev–Trinajstić information content (AvgIpc) is 2.18. The molecule has 2 heteroatoms. The Labute approximate surface area is 86.1 Å². The van der Waals surface area contributed by atoms with Crippen LogP contribution in [-0.4, -0.2) is 11.0 Å². The molecule has 0 radical (unpaired) electrons. The number of hydrogen-bond acceptors (Lipinski definition) is 2. The highest BCUT2D eigenvalue weighted by Gasteiger charge is 2.09. The van der Waals surface area contributed by atoms with Gasteiger partial charge in [-0.3, -0.25) is 4.98 Å². The summed E-state index contributed by atoms with van der Waals surface area (Å²) in [6.45, 7) is 8.08. The maximum absolute atomic E-state index is 4.01. The van der Waals surface area contributed by atoms with Crippen LogP contribution in [0.5, 0.6) is 0 Å². The van der Waals surface area contributed by atoms with E-state index in [0.717, 1.165) is 6.42 Å². The summed E-state index contributed by atoms with van der Waals surface area (Å²) in [7, 11) is 0. The van der Waals surface area contributed by atoms with Gasteiger partial charge in [0.15, 0.2) is 0 Å². The number of rotatable bonds is 5. The van der Waals surface area contributed by atoms with E-state index in [4.69, 9.17) is 0 Å². The lowest BCUT2D eigenvalue weighted by Gasteiger charge is -2.20. The Morgan fingerprint density at radius 1 is 1.43 bits per heavy atom. The summed E-state index contributed by atoms with van der Waals surface area (Å²) in [5, 5.41) is 3.50. The summed E-state index contributed by atoms with van der Waals surface area (Å²) in [6, 6.07) is 4.93. The lowest BCUT2D eigenvalue weighted by atomic mass is 10.0. The molecule has 76 valence electrons. The fourth-order valence-corrected chi connectivity index (χ4v) is 1.47. The number of aromatic nitrogens is 1. The largest absolute Gasteiger partial charge is 0.307 e. The molecule has 14 heavy (non-hydrogen) atoms. The number of nitrogens with zero attached hydrogens (tertiary/aromatic N) is 1. The Bertz CT molecular complexity index is 267. The van der Waals surface area contributed by atoms with Crippen molar-refractivity contribution in [3.05, 3.63) is 42.7 Å². The molecule has 0 aromatic carbocycles. The predicted molar refractivity (Wildman–Crippen MR) is 60.1 cm³/mol. The van der Waals surface area contributed by atoms with Gasteiger partial charge in [-0.05, 0) is 24.1 Å². The minimum atomic E-state index is 0.357. The molecular formula is C12H18N2. The highest BCUT2D eigenvalue weighted by atomic mass is 14.9. The SMILES string of the molecule is C=CCC(NC(C)C)c1ccncc1. The van der Waals surface area contributed by atoms with Crippen LogP contribution < -0.4 is 5.32 Å². The van der Waals surface area contributed by atoms with Gasteiger partial charge in [-0.1, -0.05) is 19.9 Å². The Morgan fingerprint density at radius 3 is 2.57 bits per heavy atom. The fourth-order valence-electron chi connectivity index (χ4n) is 1.47. The van der Waals surface area contributed by atoms with E-state index >= 15 is 0 Å². The van der Waals surface area contributed by atoms with Crippen molar-refractivity contribution in [1.29, 1.82) is 0 Å². The average molecular weight is 190 g/mol. The molecule has 1 aromatic rings. The molecule has 1 N–H and O–H groups in total. The van der Waals surface area contributed by atoms with Crippen molar-refractivity contribution < 1.29 is 0 Å². The van der Waals surface area contributed by atoms with E-state index in [0.29, 0.717) is 12.1 Å². The van der Waals surface area contributed by atoms with Crippen LogP contribution in [0.4, 0.5) is 0 Å². The number of nitrogens with one attached hydrogen (secondary N) is 1. The molecule has 0 aliphatic rings. The van der Waals surface area contributed by atoms with Crippen molar-refractivity contribution in [2.75, 3.05) is 0 Å². The minimum absolute atomic E-state index is 0.357. The second-order valence-electron chi connectivity index (χ2n) is 3.68. The van der Waals surface area contributed by atoms with Gasteiger partial charge in [-0.2, -0.15) is 0 Å². The van der Waals surface area contributed by atoms with Gasteiger partial charge in [-0.25, -0.2) is 0 Å². The Kier molecular flexibility index (Phi) is 4.33. The summed E-state index contributed by atoms with van der Waals surface area (Å²) >= 11 is 0. The molecule has 0 saturated carbocycles. The Morgan fingerprint density at radius 2 is 2.07 bits per heavy atom. The van der Waals surface area contributed by atoms with E-state index in [9.17, 15) is 0 Å². The zero-order valence-electron chi connectivity index (χ0n) is 8.90. The van der Waals surface area contributed by atoms with Gasteiger partial charge in [0, 0.05) is 24.5 Å². The summed E-state index contributed by atoms with van der Waals surface area (Å²) in [4.78, 5) is 4.01. The second-order valence-corrected chi connectivity index (χ2v) is 3.68. The lowest BCUT2D eigenvalue weighted by molar-refractivity contribution is 0.480. The van der Waals surface area contributed by atoms with Crippen LogP contribution in [0.3, 0.4) is 0 Å². The molecule has 0 fully saturated rings. The van der Waals surface area contributed by atoms with Gasteiger partial charge in [0.1, 0.15) is 0 Å². The number of pyridine rings is 1. The molecule has 0 aliphatic heterocycles. The van der Waals surface area contributed by atoms with Crippen molar-refractivity contribution in [3.8, 4) is 0 Å². The Hall–Kier alpha value is -1.15. The minimum Gasteiger partial charge on any atom is -0.307 e. The molecule has 1 rings (SSSR count). The third kappa shape index (κ3) is 3.30. The molecule has 1 aromatic heterocycles. The normalized spacial score (nSPS) is 12.8. The standard InChI is InChI=1S/C12H18N2/c1-4-5-12(14-10(2)3)11-6-8-13-9-7-11/h4,6-10,12,14H,1,5H2,2-3H3. The molecule has 1 heterocycles. The molecule has 0 spiro atoms. The Balaban J connectivity index is 2.72. The van der Waals surface area contributed by atoms with E-state index in [2.05, 4.69) is 30.7 Å². The molecule has 0 bridgehead atoms. The molecular weight excluding hydrogens is 172 g/mol. The van der Waals surface area contributed by atoms with Gasteiger partial charge in [0.05, 0.1) is 0 Å². The third-order valence-electron chi connectivity index (χ3n) is 2.05. The highest BCUT2D eigenvalue weighted by molar-refractivity contribution is 5.16. The third-order valence-corrected chi connectivity index (χ3v) is 2.05. The topological polar surface area (TPSA) is 24.9 Å². The van der Waals surface area contributed by atoms with E-state index in [1.54, 1.807) is 0 Å². The van der Waals surface area contributed by atoms with Crippen LogP contribution in [0.15, 0.2) is 37.2 Å². The van der Waals surface area contributed by atoms with Crippen molar-refractivity contribution in [1.82, 2.24) is 10.3 Å². The first-order chi connectivity index (χ1) is 6.74. The van der Waals surface area contributed by atoms with Crippen LogP contribution in [0, 0.1) is 0 Å².